The van der Waals surface area contributed by atoms with Crippen LogP contribution in [-0.2, 0) is 0 Å². The van der Waals surface area contributed by atoms with E-state index in [0.29, 0.717) is 5.33 Å². The van der Waals surface area contributed by atoms with E-state index >= 15 is 0 Å². The molecule has 0 aliphatic heterocycles. The van der Waals surface area contributed by atoms with Crippen LogP contribution < -0.4 is 4.74 Å². The quantitative estimate of drug-likeness (QED) is 0.593. The largest absolute Gasteiger partial charge is 0.487 e. The van der Waals surface area contributed by atoms with Crippen molar-refractivity contribution < 1.29 is 9.53 Å². The minimum Gasteiger partial charge on any atom is -0.487 e. The number of halogens is 1. The number of carbonyl (C=O) groups excluding carboxylic acids is 1. The first kappa shape index (κ1) is 8.74. The topological polar surface area (TPSA) is 26.3 Å². The highest BCUT2D eigenvalue weighted by Gasteiger charge is 2.06. The average Bonchev–Trinajstić information content (AvgIpc) is 2.50. The van der Waals surface area contributed by atoms with Crippen LogP contribution in [0.5, 0.6) is 5.06 Å². The van der Waals surface area contributed by atoms with E-state index in [0.717, 1.165) is 9.94 Å². The number of thiophene rings is 1. The maximum absolute atomic E-state index is 11.1. The summed E-state index contributed by atoms with van der Waals surface area (Å²) in [6, 6.07) is 3.56. The van der Waals surface area contributed by atoms with Crippen molar-refractivity contribution in [3.05, 3.63) is 17.0 Å². The number of rotatable bonds is 3. The molecular weight excluding hydrogens is 228 g/mol. The van der Waals surface area contributed by atoms with Crippen molar-refractivity contribution in [2.24, 2.45) is 0 Å². The van der Waals surface area contributed by atoms with E-state index in [1.807, 2.05) is 0 Å². The van der Waals surface area contributed by atoms with E-state index in [1.165, 1.54) is 11.3 Å². The minimum atomic E-state index is 0.0956. The summed E-state index contributed by atoms with van der Waals surface area (Å²) in [6.07, 6.45) is 0. The van der Waals surface area contributed by atoms with Gasteiger partial charge in [-0.25, -0.2) is 0 Å². The number of ether oxygens (including phenoxy) is 1. The van der Waals surface area contributed by atoms with Gasteiger partial charge in [0.15, 0.2) is 10.8 Å². The van der Waals surface area contributed by atoms with Crippen LogP contribution in [0.15, 0.2) is 12.1 Å². The summed E-state index contributed by atoms with van der Waals surface area (Å²) in [5.74, 6) is 0.0956. The normalized spacial score (nSPS) is 9.64. The Kier molecular flexibility index (Phi) is 3.08. The summed E-state index contributed by atoms with van der Waals surface area (Å²) >= 11 is 4.46. The van der Waals surface area contributed by atoms with Gasteiger partial charge in [-0.3, -0.25) is 4.79 Å². The molecule has 0 atom stereocenters. The van der Waals surface area contributed by atoms with Crippen LogP contribution in [0.3, 0.4) is 0 Å². The zero-order chi connectivity index (χ0) is 8.27. The van der Waals surface area contributed by atoms with Crippen LogP contribution in [0, 0.1) is 0 Å². The highest BCUT2D eigenvalue weighted by Crippen LogP contribution is 2.24. The van der Waals surface area contributed by atoms with Gasteiger partial charge in [-0.2, -0.15) is 0 Å². The summed E-state index contributed by atoms with van der Waals surface area (Å²) in [4.78, 5) is 11.8. The van der Waals surface area contributed by atoms with E-state index in [4.69, 9.17) is 4.74 Å². The number of hydrogen-bond donors (Lipinski definition) is 0. The van der Waals surface area contributed by atoms with Gasteiger partial charge in [0.2, 0.25) is 0 Å². The fourth-order valence-electron chi connectivity index (χ4n) is 0.646. The first-order valence-electron chi connectivity index (χ1n) is 3.01. The molecule has 0 saturated heterocycles. The fraction of sp³-hybridized carbons (Fsp3) is 0.286. The second kappa shape index (κ2) is 3.88. The molecule has 1 aromatic rings. The molecule has 0 bridgehead atoms. The van der Waals surface area contributed by atoms with Gasteiger partial charge in [-0.05, 0) is 12.1 Å². The second-order valence-corrected chi connectivity index (χ2v) is 3.49. The predicted molar refractivity (Wildman–Crippen MR) is 49.0 cm³/mol. The highest BCUT2D eigenvalue weighted by atomic mass is 79.9. The Balaban J connectivity index is 2.80. The van der Waals surface area contributed by atoms with Gasteiger partial charge >= 0.3 is 0 Å². The van der Waals surface area contributed by atoms with E-state index in [9.17, 15) is 4.79 Å². The molecule has 0 fully saturated rings. The molecular formula is C7H7BrO2S. The van der Waals surface area contributed by atoms with Gasteiger partial charge in [-0.15, -0.1) is 0 Å². The summed E-state index contributed by atoms with van der Waals surface area (Å²) in [5, 5.41) is 1.14. The number of hydrogen-bond acceptors (Lipinski definition) is 3. The van der Waals surface area contributed by atoms with Crippen molar-refractivity contribution in [3.8, 4) is 5.06 Å². The Morgan fingerprint density at radius 1 is 1.73 bits per heavy atom. The lowest BCUT2D eigenvalue weighted by Crippen LogP contribution is -1.94. The maximum atomic E-state index is 11.1. The molecule has 0 saturated carbocycles. The molecule has 1 rings (SSSR count). The first-order valence-corrected chi connectivity index (χ1v) is 4.94. The number of alkyl halides is 1. The molecule has 0 amide bonds. The molecule has 0 aliphatic carbocycles. The van der Waals surface area contributed by atoms with Crippen molar-refractivity contribution in [2.45, 2.75) is 0 Å². The smallest absolute Gasteiger partial charge is 0.183 e. The summed E-state index contributed by atoms with van der Waals surface area (Å²) in [5.41, 5.74) is 0. The van der Waals surface area contributed by atoms with Crippen LogP contribution in [0.4, 0.5) is 0 Å². The molecule has 4 heteroatoms. The Morgan fingerprint density at radius 2 is 2.45 bits per heavy atom. The van der Waals surface area contributed by atoms with E-state index < -0.39 is 0 Å². The van der Waals surface area contributed by atoms with Crippen LogP contribution in [0.25, 0.3) is 0 Å². The average molecular weight is 235 g/mol. The van der Waals surface area contributed by atoms with Gasteiger partial charge in [0, 0.05) is 0 Å². The van der Waals surface area contributed by atoms with Crippen molar-refractivity contribution >= 4 is 33.0 Å². The van der Waals surface area contributed by atoms with Gasteiger partial charge < -0.3 is 4.74 Å². The molecule has 1 heterocycles. The van der Waals surface area contributed by atoms with Crippen LogP contribution in [0.1, 0.15) is 9.67 Å². The molecule has 2 nitrogen and oxygen atoms in total. The summed E-state index contributed by atoms with van der Waals surface area (Å²) < 4.78 is 4.94. The molecule has 0 unspecified atom stereocenters. The third-order valence-corrected chi connectivity index (χ3v) is 2.78. The number of methoxy groups -OCH3 is 1. The van der Waals surface area contributed by atoms with Crippen molar-refractivity contribution in [1.29, 1.82) is 0 Å². The van der Waals surface area contributed by atoms with Crippen LogP contribution in [0.2, 0.25) is 0 Å². The van der Waals surface area contributed by atoms with E-state index in [-0.39, 0.29) is 5.78 Å². The lowest BCUT2D eigenvalue weighted by atomic mass is 10.4. The fourth-order valence-corrected chi connectivity index (χ4v) is 1.89. The standard InChI is InChI=1S/C7H7BrO2S/c1-10-7-3-2-6(11-7)5(9)4-8/h2-3H,4H2,1H3. The Labute approximate surface area is 77.3 Å². The second-order valence-electron chi connectivity index (χ2n) is 1.88. The number of carbonyl (C=O) groups is 1. The van der Waals surface area contributed by atoms with Gasteiger partial charge in [-0.1, -0.05) is 27.3 Å². The molecule has 0 aliphatic rings. The molecule has 11 heavy (non-hydrogen) atoms. The summed E-state index contributed by atoms with van der Waals surface area (Å²) in [6.45, 7) is 0. The lowest BCUT2D eigenvalue weighted by molar-refractivity contribution is 0.102. The van der Waals surface area contributed by atoms with Gasteiger partial charge in [0.05, 0.1) is 17.3 Å². The van der Waals surface area contributed by atoms with Crippen LogP contribution >= 0.6 is 27.3 Å². The highest BCUT2D eigenvalue weighted by molar-refractivity contribution is 9.09. The third-order valence-electron chi connectivity index (χ3n) is 1.18. The maximum Gasteiger partial charge on any atom is 0.183 e. The van der Waals surface area contributed by atoms with Crippen molar-refractivity contribution in [2.75, 3.05) is 12.4 Å². The van der Waals surface area contributed by atoms with Gasteiger partial charge in [0.25, 0.3) is 0 Å². The Morgan fingerprint density at radius 3 is 2.91 bits per heavy atom. The lowest BCUT2D eigenvalue weighted by Gasteiger charge is -1.89. The minimum absolute atomic E-state index is 0.0956. The zero-order valence-corrected chi connectivity index (χ0v) is 8.37. The monoisotopic (exact) mass is 234 g/mol. The van der Waals surface area contributed by atoms with Crippen LogP contribution in [-0.4, -0.2) is 18.2 Å². The predicted octanol–water partition coefficient (Wildman–Crippen LogP) is 2.33. The Hall–Kier alpha value is -0.350. The van der Waals surface area contributed by atoms with Crippen molar-refractivity contribution in [1.82, 2.24) is 0 Å². The van der Waals surface area contributed by atoms with Crippen molar-refractivity contribution in [3.63, 3.8) is 0 Å². The SMILES string of the molecule is COc1ccc(C(=O)CBr)s1. The Bertz CT molecular complexity index is 257. The summed E-state index contributed by atoms with van der Waals surface area (Å²) in [7, 11) is 1.59. The number of Topliss-reactive ketones (excluding diaryl/α,β-unsaturated/α-hetero) is 1. The third kappa shape index (κ3) is 2.04. The molecule has 0 radical (unpaired) electrons. The molecule has 0 spiro atoms. The van der Waals surface area contributed by atoms with E-state index in [2.05, 4.69) is 15.9 Å². The molecule has 60 valence electrons. The number of ketones is 1. The van der Waals surface area contributed by atoms with E-state index in [1.54, 1.807) is 19.2 Å². The molecule has 1 aromatic heterocycles. The van der Waals surface area contributed by atoms with Gasteiger partial charge in [0.1, 0.15) is 0 Å². The zero-order valence-electron chi connectivity index (χ0n) is 5.96. The molecule has 0 N–H and O–H groups in total. The first-order chi connectivity index (χ1) is 5.27. The molecule has 0 aromatic carbocycles.